The molecule has 0 saturated heterocycles. The Kier molecular flexibility index (Phi) is 7.71. The molecule has 0 spiro atoms. The maximum atomic E-state index is 14.7. The van der Waals surface area contributed by atoms with Crippen LogP contribution < -0.4 is 10.5 Å². The summed E-state index contributed by atoms with van der Waals surface area (Å²) in [7, 11) is -4.89. The number of para-hydroxylation sites is 1. The molecule has 0 aliphatic carbocycles. The monoisotopic (exact) mass is 572 g/mol. The van der Waals surface area contributed by atoms with Crippen molar-refractivity contribution < 1.29 is 40.4 Å². The molecule has 2 rings (SSSR count). The van der Waals surface area contributed by atoms with Crippen LogP contribution in [0, 0.1) is 15.9 Å². The molecule has 34 heavy (non-hydrogen) atoms. The number of hydrogen-bond donors (Lipinski definition) is 2. The minimum absolute atomic E-state index is 0.0199. The van der Waals surface area contributed by atoms with Gasteiger partial charge in [-0.05, 0) is 48.0 Å². The van der Waals surface area contributed by atoms with E-state index in [-0.39, 0.29) is 4.60 Å². The quantitative estimate of drug-likeness (QED) is 0.202. The number of rotatable bonds is 9. The Balaban J connectivity index is 2.65. The summed E-state index contributed by atoms with van der Waals surface area (Å²) in [6, 6.07) is 6.10. The number of nitro groups is 1. The molecule has 2 unspecified atom stereocenters. The summed E-state index contributed by atoms with van der Waals surface area (Å²) < 4.78 is 87.9. The van der Waals surface area contributed by atoms with Gasteiger partial charge < -0.3 is 10.5 Å². The Morgan fingerprint density at radius 1 is 1.24 bits per heavy atom. The lowest BCUT2D eigenvalue weighted by atomic mass is 9.98. The first kappa shape index (κ1) is 27.6. The number of sulfonamides is 1. The van der Waals surface area contributed by atoms with Gasteiger partial charge in [0, 0.05) is 6.07 Å². The zero-order chi connectivity index (χ0) is 26.1. The van der Waals surface area contributed by atoms with Crippen LogP contribution in [0.1, 0.15) is 19.5 Å². The Bertz CT molecular complexity index is 1230. The molecule has 1 heterocycles. The third-order valence-electron chi connectivity index (χ3n) is 4.71. The minimum Gasteiger partial charge on any atom is -0.367 e. The van der Waals surface area contributed by atoms with E-state index in [1.807, 2.05) is 4.72 Å². The number of pyridine rings is 1. The molecule has 2 atom stereocenters. The molecule has 2 aromatic rings. The number of halogens is 5. The van der Waals surface area contributed by atoms with Crippen molar-refractivity contribution in [3.05, 3.63) is 62.6 Å². The number of carbonyl (C=O) groups excluding carboxylic acids is 1. The fourth-order valence-electron chi connectivity index (χ4n) is 2.72. The number of nitrogens with two attached hydrogens (primary N) is 1. The number of aromatic nitrogens is 1. The van der Waals surface area contributed by atoms with Gasteiger partial charge in [-0.1, -0.05) is 12.1 Å². The summed E-state index contributed by atoms with van der Waals surface area (Å²) >= 11 is 2.95. The molecule has 16 heteroatoms. The van der Waals surface area contributed by atoms with Crippen LogP contribution in [0.3, 0.4) is 0 Å². The van der Waals surface area contributed by atoms with Crippen molar-refractivity contribution >= 4 is 37.5 Å². The van der Waals surface area contributed by atoms with E-state index < -0.39 is 66.9 Å². The van der Waals surface area contributed by atoms with E-state index in [1.165, 1.54) is 12.1 Å². The van der Waals surface area contributed by atoms with E-state index in [2.05, 4.69) is 20.9 Å². The second kappa shape index (κ2) is 9.52. The number of carbonyl (C=O) groups is 1. The first-order valence-electron chi connectivity index (χ1n) is 9.05. The topological polar surface area (TPSA) is 155 Å². The summed E-state index contributed by atoms with van der Waals surface area (Å²) in [5, 5.41) is 11.3. The number of nitrogens with one attached hydrogen (secondary N) is 1. The van der Waals surface area contributed by atoms with Crippen LogP contribution >= 0.6 is 15.9 Å². The summed E-state index contributed by atoms with van der Waals surface area (Å²) in [6.45, 7) is -0.0574. The van der Waals surface area contributed by atoms with Crippen LogP contribution in [0.2, 0.25) is 0 Å². The molecule has 0 aliphatic heterocycles. The summed E-state index contributed by atoms with van der Waals surface area (Å²) in [5.41, 5.74) is -2.70. The maximum Gasteiger partial charge on any atom is 0.426 e. The molecular weight excluding hydrogens is 556 g/mol. The Hall–Kier alpha value is -2.69. The number of nitrogens with zero attached hydrogens (tertiary/aromatic N) is 2. The van der Waals surface area contributed by atoms with Gasteiger partial charge in [0.15, 0.2) is 4.90 Å². The predicted octanol–water partition coefficient (Wildman–Crippen LogP) is 2.91. The number of hydrogen-bond acceptors (Lipinski definition) is 7. The highest BCUT2D eigenvalue weighted by molar-refractivity contribution is 9.10. The van der Waals surface area contributed by atoms with Gasteiger partial charge >= 0.3 is 6.18 Å². The number of alkyl halides is 3. The van der Waals surface area contributed by atoms with Gasteiger partial charge in [-0.25, -0.2) is 17.8 Å². The van der Waals surface area contributed by atoms with Crippen molar-refractivity contribution in [2.45, 2.75) is 36.1 Å². The lowest BCUT2D eigenvalue weighted by molar-refractivity contribution is -0.387. The molecule has 0 aliphatic rings. The molecule has 0 saturated carbocycles. The summed E-state index contributed by atoms with van der Waals surface area (Å²) in [6.07, 6.45) is -5.32. The zero-order valence-corrected chi connectivity index (χ0v) is 19.8. The van der Waals surface area contributed by atoms with E-state index in [9.17, 15) is 40.9 Å². The Morgan fingerprint density at radius 2 is 1.82 bits per heavy atom. The largest absolute Gasteiger partial charge is 0.426 e. The van der Waals surface area contributed by atoms with Crippen LogP contribution in [0.5, 0.6) is 0 Å². The van der Waals surface area contributed by atoms with Crippen molar-refractivity contribution in [2.75, 3.05) is 6.61 Å². The van der Waals surface area contributed by atoms with Crippen molar-refractivity contribution in [2.24, 2.45) is 5.73 Å². The van der Waals surface area contributed by atoms with Crippen LogP contribution in [0.25, 0.3) is 0 Å². The third kappa shape index (κ3) is 5.51. The zero-order valence-electron chi connectivity index (χ0n) is 17.4. The van der Waals surface area contributed by atoms with E-state index in [0.29, 0.717) is 6.92 Å². The van der Waals surface area contributed by atoms with Gasteiger partial charge in [0.1, 0.15) is 16.1 Å². The van der Waals surface area contributed by atoms with Crippen LogP contribution in [0.15, 0.2) is 45.9 Å². The minimum atomic E-state index is -5.32. The average molecular weight is 573 g/mol. The van der Waals surface area contributed by atoms with Gasteiger partial charge in [-0.3, -0.25) is 14.9 Å². The lowest BCUT2D eigenvalue weighted by Crippen LogP contribution is -2.58. The van der Waals surface area contributed by atoms with Gasteiger partial charge in [-0.2, -0.15) is 17.9 Å². The normalized spacial score (nSPS) is 15.9. The second-order valence-electron chi connectivity index (χ2n) is 7.31. The van der Waals surface area contributed by atoms with E-state index in [0.717, 1.165) is 31.2 Å². The fraction of sp³-hybridized carbons (Fsp3) is 0.333. The Labute approximate surface area is 198 Å². The maximum absolute atomic E-state index is 14.7. The number of primary amides is 1. The first-order valence-corrected chi connectivity index (χ1v) is 11.3. The van der Waals surface area contributed by atoms with Crippen molar-refractivity contribution in [1.82, 2.24) is 9.71 Å². The number of amides is 1. The van der Waals surface area contributed by atoms with Gasteiger partial charge in [0.25, 0.3) is 11.6 Å². The van der Waals surface area contributed by atoms with Crippen molar-refractivity contribution in [3.8, 4) is 0 Å². The molecule has 0 fully saturated rings. The Morgan fingerprint density at radius 3 is 2.35 bits per heavy atom. The molecule has 186 valence electrons. The molecule has 1 amide bonds. The second-order valence-corrected chi connectivity index (χ2v) is 9.77. The SMILES string of the molecule is CC(COC(C)(C(N)=O)C(F)(F)F)(NS(=O)(=O)c1ccccc1[N+](=O)[O-])c1nc(Br)ccc1F. The van der Waals surface area contributed by atoms with Crippen molar-refractivity contribution in [3.63, 3.8) is 0 Å². The standard InChI is InChI=1S/C18H17BrF4N4O6S/c1-16(14-10(20)7-8-13(19)25-14,9-33-17(2,15(24)28)18(21,22)23)26-34(31,32)12-6-4-3-5-11(12)27(29)30/h3-8,26H,9H2,1-2H3,(H2,24,28). The van der Waals surface area contributed by atoms with Gasteiger partial charge in [0.05, 0.1) is 17.1 Å². The lowest BCUT2D eigenvalue weighted by Gasteiger charge is -2.35. The number of ether oxygens (including phenoxy) is 1. The predicted molar refractivity (Wildman–Crippen MR) is 112 cm³/mol. The highest BCUT2D eigenvalue weighted by Crippen LogP contribution is 2.36. The fourth-order valence-corrected chi connectivity index (χ4v) is 4.56. The molecule has 1 aromatic heterocycles. The molecule has 3 N–H and O–H groups in total. The van der Waals surface area contributed by atoms with Crippen molar-refractivity contribution in [1.29, 1.82) is 0 Å². The number of benzene rings is 1. The van der Waals surface area contributed by atoms with E-state index in [1.54, 1.807) is 0 Å². The summed E-state index contributed by atoms with van der Waals surface area (Å²) in [4.78, 5) is 24.8. The highest BCUT2D eigenvalue weighted by atomic mass is 79.9. The van der Waals surface area contributed by atoms with E-state index >= 15 is 0 Å². The van der Waals surface area contributed by atoms with Gasteiger partial charge in [0.2, 0.25) is 15.6 Å². The molecule has 1 aromatic carbocycles. The summed E-state index contributed by atoms with van der Waals surface area (Å²) in [5.74, 6) is -3.08. The highest BCUT2D eigenvalue weighted by Gasteiger charge is 2.58. The molecule has 10 nitrogen and oxygen atoms in total. The first-order chi connectivity index (χ1) is 15.4. The number of nitro benzene ring substituents is 1. The molecular formula is C18H17BrF4N4O6S. The van der Waals surface area contributed by atoms with E-state index in [4.69, 9.17) is 10.5 Å². The smallest absolute Gasteiger partial charge is 0.367 e. The van der Waals surface area contributed by atoms with Gasteiger partial charge in [-0.15, -0.1) is 0 Å². The average Bonchev–Trinajstić information content (AvgIpc) is 2.72. The molecule has 0 radical (unpaired) electrons. The van der Waals surface area contributed by atoms with Crippen LogP contribution in [-0.4, -0.2) is 42.6 Å². The van der Waals surface area contributed by atoms with Crippen LogP contribution in [-0.2, 0) is 25.1 Å². The third-order valence-corrected chi connectivity index (χ3v) is 6.79. The molecule has 0 bridgehead atoms. The van der Waals surface area contributed by atoms with Crippen LogP contribution in [0.4, 0.5) is 23.2 Å².